The summed E-state index contributed by atoms with van der Waals surface area (Å²) in [5.74, 6) is -0.556. The predicted octanol–water partition coefficient (Wildman–Crippen LogP) is 4.39. The largest absolute Gasteiger partial charge is 0.361 e. The highest BCUT2D eigenvalue weighted by molar-refractivity contribution is 8.93. The molecule has 0 bridgehead atoms. The SMILES string of the molecule is Br.[2H]C([2H])(N(C)C)C([2H])([2H])C([2H])([2H])C1(c2ccc(F)cc2)OCc2cc(C#N)ccc21. The van der Waals surface area contributed by atoms with Gasteiger partial charge in [0.15, 0.2) is 0 Å². The Kier molecular flexibility index (Phi) is 4.07. The van der Waals surface area contributed by atoms with E-state index in [0.717, 1.165) is 17.0 Å². The average molecular weight is 411 g/mol. The molecule has 0 saturated heterocycles. The minimum atomic E-state index is -3.06. The maximum absolute atomic E-state index is 13.6. The number of benzene rings is 2. The normalized spacial score (nSPS) is 23.8. The van der Waals surface area contributed by atoms with Crippen LogP contribution in [-0.2, 0) is 16.9 Å². The highest BCUT2D eigenvalue weighted by Crippen LogP contribution is 2.45. The van der Waals surface area contributed by atoms with Crippen LogP contribution in [0.3, 0.4) is 0 Å². The third kappa shape index (κ3) is 3.92. The van der Waals surface area contributed by atoms with Gasteiger partial charge in [0, 0.05) is 8.22 Å². The molecule has 0 saturated carbocycles. The van der Waals surface area contributed by atoms with Crippen LogP contribution in [-0.4, -0.2) is 25.5 Å². The number of fused-ring (bicyclic) bond motifs is 1. The second-order valence-corrected chi connectivity index (χ2v) is 5.72. The van der Waals surface area contributed by atoms with Crippen molar-refractivity contribution in [1.29, 1.82) is 5.26 Å². The Balaban J connectivity index is 0.00000341. The van der Waals surface area contributed by atoms with Crippen molar-refractivity contribution in [2.75, 3.05) is 20.6 Å². The van der Waals surface area contributed by atoms with Crippen LogP contribution in [0.1, 0.15) is 43.2 Å². The molecule has 132 valence electrons. The van der Waals surface area contributed by atoms with Gasteiger partial charge in [0.25, 0.3) is 0 Å². The first-order chi connectivity index (χ1) is 13.8. The van der Waals surface area contributed by atoms with Crippen molar-refractivity contribution < 1.29 is 17.4 Å². The van der Waals surface area contributed by atoms with E-state index >= 15 is 0 Å². The minimum absolute atomic E-state index is 0. The molecule has 1 aliphatic rings. The molecule has 1 unspecified atom stereocenters. The molecule has 0 aliphatic carbocycles. The molecule has 0 fully saturated rings. The molecular formula is C20H22BrFN2O. The second-order valence-electron chi connectivity index (χ2n) is 5.72. The Morgan fingerprint density at radius 3 is 2.64 bits per heavy atom. The van der Waals surface area contributed by atoms with Crippen molar-refractivity contribution in [3.63, 3.8) is 0 Å². The molecule has 1 aliphatic heterocycles. The predicted molar refractivity (Wildman–Crippen MR) is 101 cm³/mol. The molecule has 25 heavy (non-hydrogen) atoms. The molecule has 2 aromatic rings. The van der Waals surface area contributed by atoms with Crippen LogP contribution in [0.2, 0.25) is 0 Å². The van der Waals surface area contributed by atoms with Gasteiger partial charge in [0.05, 0.1) is 18.2 Å². The van der Waals surface area contributed by atoms with Crippen molar-refractivity contribution in [1.82, 2.24) is 4.90 Å². The molecule has 0 radical (unpaired) electrons. The molecule has 5 heteroatoms. The Hall–Kier alpha value is -1.74. The standard InChI is InChI=1S/C20H21FN2O.BrH/c1-23(2)11-3-10-20(17-5-7-18(21)8-6-17)19-9-4-15(13-22)12-16(19)14-24-20;/h4-9,12H,3,10-11,14H2,1-2H3;1H/i3D2,10D2,11D2;. The van der Waals surface area contributed by atoms with Crippen molar-refractivity contribution in [3.05, 3.63) is 70.5 Å². The molecular weight excluding hydrogens is 383 g/mol. The van der Waals surface area contributed by atoms with Crippen LogP contribution >= 0.6 is 17.0 Å². The zero-order valence-electron chi connectivity index (χ0n) is 19.8. The molecule has 3 nitrogen and oxygen atoms in total. The number of rotatable bonds is 5. The fourth-order valence-corrected chi connectivity index (χ4v) is 2.72. The lowest BCUT2D eigenvalue weighted by atomic mass is 9.81. The summed E-state index contributed by atoms with van der Waals surface area (Å²) >= 11 is 0. The molecule has 0 aromatic heterocycles. The lowest BCUT2D eigenvalue weighted by molar-refractivity contribution is -0.0140. The van der Waals surface area contributed by atoms with E-state index < -0.39 is 30.7 Å². The molecule has 0 spiro atoms. The van der Waals surface area contributed by atoms with Gasteiger partial charge in [0.2, 0.25) is 0 Å². The minimum Gasteiger partial charge on any atom is -0.361 e. The summed E-state index contributed by atoms with van der Waals surface area (Å²) in [7, 11) is 2.64. The number of hydrogen-bond donors (Lipinski definition) is 0. The Bertz CT molecular complexity index is 1010. The topological polar surface area (TPSA) is 36.3 Å². The second kappa shape index (κ2) is 8.09. The van der Waals surface area contributed by atoms with Crippen molar-refractivity contribution in [3.8, 4) is 6.07 Å². The van der Waals surface area contributed by atoms with Crippen molar-refractivity contribution in [2.45, 2.75) is 25.0 Å². The molecule has 1 heterocycles. The highest BCUT2D eigenvalue weighted by Gasteiger charge is 2.41. The molecule has 3 rings (SSSR count). The van der Waals surface area contributed by atoms with E-state index in [1.54, 1.807) is 0 Å². The number of hydrogen-bond acceptors (Lipinski definition) is 3. The van der Waals surface area contributed by atoms with Gasteiger partial charge in [-0.2, -0.15) is 5.26 Å². The summed E-state index contributed by atoms with van der Waals surface area (Å²) in [6.07, 6.45) is -6.00. The van der Waals surface area contributed by atoms with E-state index in [-0.39, 0.29) is 34.7 Å². The molecule has 1 atom stereocenters. The van der Waals surface area contributed by atoms with E-state index in [1.807, 2.05) is 6.07 Å². The number of nitriles is 1. The van der Waals surface area contributed by atoms with E-state index in [1.165, 1.54) is 44.4 Å². The maximum Gasteiger partial charge on any atom is 0.123 e. The van der Waals surface area contributed by atoms with Gasteiger partial charge in [-0.3, -0.25) is 0 Å². The molecule has 0 N–H and O–H groups in total. The first kappa shape index (κ1) is 12.6. The van der Waals surface area contributed by atoms with Crippen LogP contribution in [0, 0.1) is 17.1 Å². The Labute approximate surface area is 167 Å². The van der Waals surface area contributed by atoms with Crippen molar-refractivity contribution in [2.24, 2.45) is 0 Å². The first-order valence-corrected chi connectivity index (χ1v) is 7.44. The average Bonchev–Trinajstić information content (AvgIpc) is 3.08. The molecule has 0 amide bonds. The van der Waals surface area contributed by atoms with Crippen LogP contribution in [0.4, 0.5) is 4.39 Å². The van der Waals surface area contributed by atoms with Gasteiger partial charge >= 0.3 is 0 Å². The fraction of sp³-hybridized carbons (Fsp3) is 0.350. The number of ether oxygens (including phenoxy) is 1. The van der Waals surface area contributed by atoms with Crippen molar-refractivity contribution >= 4 is 17.0 Å². The van der Waals surface area contributed by atoms with Crippen LogP contribution in [0.5, 0.6) is 0 Å². The summed E-state index contributed by atoms with van der Waals surface area (Å²) in [5.41, 5.74) is -0.813. The fourth-order valence-electron chi connectivity index (χ4n) is 2.72. The zero-order valence-corrected chi connectivity index (χ0v) is 15.6. The summed E-state index contributed by atoms with van der Waals surface area (Å²) < 4.78 is 70.9. The first-order valence-electron chi connectivity index (χ1n) is 10.4. The summed E-state index contributed by atoms with van der Waals surface area (Å²) in [4.78, 5) is 0.970. The van der Waals surface area contributed by atoms with Gasteiger partial charge < -0.3 is 9.64 Å². The third-order valence-corrected chi connectivity index (χ3v) is 3.83. The van der Waals surface area contributed by atoms with Gasteiger partial charge in [-0.15, -0.1) is 17.0 Å². The summed E-state index contributed by atoms with van der Waals surface area (Å²) in [5, 5.41) is 9.18. The van der Waals surface area contributed by atoms with Crippen LogP contribution < -0.4 is 0 Å². The van der Waals surface area contributed by atoms with Crippen LogP contribution in [0.25, 0.3) is 0 Å². The van der Waals surface area contributed by atoms with E-state index in [2.05, 4.69) is 0 Å². The zero-order chi connectivity index (χ0) is 22.5. The van der Waals surface area contributed by atoms with E-state index in [4.69, 9.17) is 13.0 Å². The number of nitrogens with zero attached hydrogens (tertiary/aromatic N) is 2. The van der Waals surface area contributed by atoms with E-state index in [9.17, 15) is 9.65 Å². The highest BCUT2D eigenvalue weighted by atomic mass is 79.9. The summed E-state index contributed by atoms with van der Waals surface area (Å²) in [6, 6.07) is 11.3. The lowest BCUT2D eigenvalue weighted by Crippen LogP contribution is -2.28. The van der Waals surface area contributed by atoms with Gasteiger partial charge in [-0.05, 0) is 74.3 Å². The third-order valence-electron chi connectivity index (χ3n) is 3.83. The number of halogens is 2. The monoisotopic (exact) mass is 410 g/mol. The maximum atomic E-state index is 13.6. The Morgan fingerprint density at radius 1 is 1.28 bits per heavy atom. The lowest BCUT2D eigenvalue weighted by Gasteiger charge is -2.31. The van der Waals surface area contributed by atoms with E-state index in [0.29, 0.717) is 11.1 Å². The Morgan fingerprint density at radius 2 is 2.00 bits per heavy atom. The quantitative estimate of drug-likeness (QED) is 0.732. The van der Waals surface area contributed by atoms with Gasteiger partial charge in [-0.25, -0.2) is 4.39 Å². The molecule has 2 aromatic carbocycles. The van der Waals surface area contributed by atoms with Crippen LogP contribution in [0.15, 0.2) is 42.5 Å². The van der Waals surface area contributed by atoms with Gasteiger partial charge in [-0.1, -0.05) is 18.2 Å². The summed E-state index contributed by atoms with van der Waals surface area (Å²) in [6.45, 7) is -2.81. The smallest absolute Gasteiger partial charge is 0.123 e. The van der Waals surface area contributed by atoms with Gasteiger partial charge in [0.1, 0.15) is 11.4 Å².